The Morgan fingerprint density at radius 1 is 1.21 bits per heavy atom. The number of benzene rings is 2. The Hall–Kier alpha value is -3.30. The lowest BCUT2D eigenvalue weighted by Gasteiger charge is -2.47. The lowest BCUT2D eigenvalue weighted by atomic mass is 9.98. The Bertz CT molecular complexity index is 1790. The van der Waals surface area contributed by atoms with E-state index in [4.69, 9.17) is 25.9 Å². The fourth-order valence-corrected chi connectivity index (χ4v) is 4.57. The van der Waals surface area contributed by atoms with E-state index >= 15 is 4.39 Å². The first-order valence-electron chi connectivity index (χ1n) is 17.8. The molecule has 2 atom stereocenters. The van der Waals surface area contributed by atoms with Gasteiger partial charge in [-0.1, -0.05) is 18.2 Å². The molecule has 2 aromatic rings. The van der Waals surface area contributed by atoms with Gasteiger partial charge in [-0.3, -0.25) is 24.6 Å². The van der Waals surface area contributed by atoms with Gasteiger partial charge in [0.25, 0.3) is 5.91 Å². The van der Waals surface area contributed by atoms with Gasteiger partial charge in [0.2, 0.25) is 11.8 Å². The number of hydrogen-bond acceptors (Lipinski definition) is 6. The van der Waals surface area contributed by atoms with Gasteiger partial charge in [0, 0.05) is 57.7 Å². The van der Waals surface area contributed by atoms with Crippen molar-refractivity contribution in [1.29, 1.82) is 0 Å². The van der Waals surface area contributed by atoms with Gasteiger partial charge in [-0.15, -0.1) is 0 Å². The highest BCUT2D eigenvalue weighted by atomic mass is 19.1. The summed E-state index contributed by atoms with van der Waals surface area (Å²) in [5.41, 5.74) is -4.18. The summed E-state index contributed by atoms with van der Waals surface area (Å²) in [6.45, 7) is -6.36. The number of rotatable bonds is 6. The van der Waals surface area contributed by atoms with Crippen LogP contribution in [0.1, 0.15) is 83.9 Å². The first kappa shape index (κ1) is 15.3. The summed E-state index contributed by atoms with van der Waals surface area (Å²) in [4.78, 5) is 39.5. The molecule has 1 N–H and O–H groups in total. The highest BCUT2D eigenvalue weighted by Gasteiger charge is 2.40. The van der Waals surface area contributed by atoms with E-state index in [-0.39, 0.29) is 28.0 Å². The molecule has 0 bridgehead atoms. The number of nitrogens with zero attached hydrogens (tertiary/aromatic N) is 2. The summed E-state index contributed by atoms with van der Waals surface area (Å²) in [5, 5.41) is 1.64. The van der Waals surface area contributed by atoms with Crippen molar-refractivity contribution in [1.82, 2.24) is 15.1 Å². The third-order valence-electron chi connectivity index (χ3n) is 5.98. The molecule has 0 aromatic heterocycles. The summed E-state index contributed by atoms with van der Waals surface area (Å²) < 4.78 is 127. The molecule has 2 unspecified atom stereocenters. The van der Waals surface area contributed by atoms with Gasteiger partial charge in [0.15, 0.2) is 0 Å². The van der Waals surface area contributed by atoms with Crippen molar-refractivity contribution in [3.05, 3.63) is 64.5 Å². The quantitative estimate of drug-likeness (QED) is 0.570. The maximum atomic E-state index is 15.5. The summed E-state index contributed by atoms with van der Waals surface area (Å²) in [7, 11) is 0. The van der Waals surface area contributed by atoms with Crippen molar-refractivity contribution in [3.63, 3.8) is 0 Å². The Labute approximate surface area is 238 Å². The van der Waals surface area contributed by atoms with Gasteiger partial charge in [-0.05, 0) is 57.8 Å². The predicted molar refractivity (Wildman–Crippen MR) is 138 cm³/mol. The lowest BCUT2D eigenvalue weighted by molar-refractivity contribution is -0.182. The van der Waals surface area contributed by atoms with E-state index in [1.807, 2.05) is 0 Å². The van der Waals surface area contributed by atoms with Gasteiger partial charge < -0.3 is 14.4 Å². The third kappa shape index (κ3) is 5.44. The van der Waals surface area contributed by atoms with Crippen LogP contribution in [0.3, 0.4) is 0 Å². The highest BCUT2D eigenvalue weighted by molar-refractivity contribution is 6.05. The second-order valence-corrected chi connectivity index (χ2v) is 9.73. The number of fused-ring (bicyclic) bond motifs is 1. The largest absolute Gasteiger partial charge is 0.488 e. The zero-order valence-electron chi connectivity index (χ0n) is 32.9. The number of piperidine rings is 1. The Morgan fingerprint density at radius 2 is 2.00 bits per heavy atom. The molecule has 3 aliphatic heterocycles. The molecule has 8 nitrogen and oxygen atoms in total. The third-order valence-corrected chi connectivity index (χ3v) is 5.98. The van der Waals surface area contributed by atoms with Crippen molar-refractivity contribution in [3.8, 4) is 5.75 Å². The van der Waals surface area contributed by atoms with Crippen molar-refractivity contribution in [2.75, 3.05) is 13.0 Å². The minimum Gasteiger partial charge on any atom is -0.488 e. The number of nitrogens with one attached hydrogen (secondary N) is 1. The topological polar surface area (TPSA) is 88.2 Å². The Balaban J connectivity index is 1.38. The van der Waals surface area contributed by atoms with Crippen LogP contribution in [0.4, 0.5) is 4.39 Å². The standard InChI is InChI=1S/C29H34FN3O5/c1-28(2)16-32(17-29(3,4)38-28)13-18-8-9-19(22(30)12-18)15-37-24-7-5-6-20-21(24)14-33(27(20)36)23-10-11-25(34)31-26(23)35/h5-9,12,23H,10-11,13-17H2,1-4H3,(H,31,34,35)/i1D3,10D2,11D2,16D2,17D2,23D. The molecule has 0 radical (unpaired) electrons. The Morgan fingerprint density at radius 3 is 2.76 bits per heavy atom. The zero-order chi connectivity index (χ0) is 37.8. The van der Waals surface area contributed by atoms with Gasteiger partial charge in [0.1, 0.15) is 24.2 Å². The van der Waals surface area contributed by atoms with Crippen molar-refractivity contribution in [2.24, 2.45) is 0 Å². The van der Waals surface area contributed by atoms with Crippen LogP contribution in [-0.4, -0.2) is 57.7 Å². The first-order valence-corrected chi connectivity index (χ1v) is 11.8. The number of carbonyl (C=O) groups excluding carboxylic acids is 3. The monoisotopic (exact) mass is 535 g/mol. The number of halogens is 1. The van der Waals surface area contributed by atoms with Crippen molar-refractivity contribution < 1.29 is 44.7 Å². The van der Waals surface area contributed by atoms with Crippen LogP contribution in [0, 0.1) is 5.82 Å². The molecule has 202 valence electrons. The van der Waals surface area contributed by atoms with Crippen LogP contribution < -0.4 is 10.1 Å². The SMILES string of the molecule is [2H]C([2H])([2H])C1(C)OC(C)(C)C([2H])([2H])N(Cc2ccc(COc3cccc4c3CN(C3([2H])C(=O)NC(=O)C([2H])([2H])C3([2H])[2H])C4=O)c(F)c2)C1([2H])[2H]. The number of carbonyl (C=O) groups is 3. The number of ether oxygens (including phenoxy) is 2. The molecule has 0 spiro atoms. The summed E-state index contributed by atoms with van der Waals surface area (Å²) in [6.07, 6.45) is -6.82. The van der Waals surface area contributed by atoms with Gasteiger partial charge in [-0.2, -0.15) is 0 Å². The normalized spacial score (nSPS) is 37.6. The van der Waals surface area contributed by atoms with Crippen molar-refractivity contribution in [2.45, 2.75) is 77.3 Å². The molecule has 9 heteroatoms. The maximum absolute atomic E-state index is 15.5. The van der Waals surface area contributed by atoms with E-state index in [0.717, 1.165) is 13.0 Å². The minimum atomic E-state index is -3.47. The molecular formula is C29H34FN3O5. The molecule has 2 aromatic carbocycles. The highest BCUT2D eigenvalue weighted by Crippen LogP contribution is 2.34. The molecule has 3 amide bonds. The predicted octanol–water partition coefficient (Wildman–Crippen LogP) is 3.56. The van der Waals surface area contributed by atoms with E-state index in [1.54, 1.807) is 5.32 Å². The van der Waals surface area contributed by atoms with Crippen LogP contribution in [0.15, 0.2) is 36.4 Å². The number of morpholine rings is 1. The van der Waals surface area contributed by atoms with E-state index in [9.17, 15) is 14.4 Å². The van der Waals surface area contributed by atoms with E-state index in [2.05, 4.69) is 0 Å². The first-order chi connectivity index (χ1) is 22.6. The number of amides is 3. The fraction of sp³-hybridized carbons (Fsp3) is 0.483. The average molecular weight is 536 g/mol. The fourth-order valence-electron chi connectivity index (χ4n) is 4.57. The smallest absolute Gasteiger partial charge is 0.255 e. The lowest BCUT2D eigenvalue weighted by Crippen LogP contribution is -2.56. The minimum absolute atomic E-state index is 0.00202. The molecule has 2 saturated heterocycles. The Kier molecular flexibility index (Phi) is 3.95. The molecule has 2 fully saturated rings. The van der Waals surface area contributed by atoms with Crippen LogP contribution in [0.5, 0.6) is 5.75 Å². The summed E-state index contributed by atoms with van der Waals surface area (Å²) in [5.74, 6) is -4.96. The average Bonchev–Trinajstić information content (AvgIpc) is 3.33. The number of imide groups is 1. The van der Waals surface area contributed by atoms with Crippen LogP contribution in [-0.2, 0) is 34.0 Å². The van der Waals surface area contributed by atoms with E-state index in [1.165, 1.54) is 44.2 Å². The van der Waals surface area contributed by atoms with E-state index < -0.39 is 93.0 Å². The molecule has 3 aliphatic rings. The molecule has 0 aliphatic carbocycles. The van der Waals surface area contributed by atoms with Crippen molar-refractivity contribution >= 4 is 17.7 Å². The van der Waals surface area contributed by atoms with Gasteiger partial charge in [0.05, 0.1) is 19.1 Å². The number of hydrogen-bond donors (Lipinski definition) is 1. The molecule has 3 heterocycles. The second-order valence-electron chi connectivity index (χ2n) is 9.73. The molecule has 5 rings (SSSR count). The van der Waals surface area contributed by atoms with Crippen LogP contribution in [0.2, 0.25) is 0 Å². The molecule has 38 heavy (non-hydrogen) atoms. The van der Waals surface area contributed by atoms with Gasteiger partial charge in [-0.25, -0.2) is 4.39 Å². The molecule has 0 saturated carbocycles. The summed E-state index contributed by atoms with van der Waals surface area (Å²) >= 11 is 0. The molecular weight excluding hydrogens is 489 g/mol. The van der Waals surface area contributed by atoms with Crippen LogP contribution >= 0.6 is 0 Å². The maximum Gasteiger partial charge on any atom is 0.255 e. The summed E-state index contributed by atoms with van der Waals surface area (Å²) in [6, 6.07) is 4.62. The second kappa shape index (κ2) is 9.78. The zero-order valence-corrected chi connectivity index (χ0v) is 20.9. The van der Waals surface area contributed by atoms with E-state index in [0.29, 0.717) is 9.80 Å². The van der Waals surface area contributed by atoms with Gasteiger partial charge >= 0.3 is 0 Å². The van der Waals surface area contributed by atoms with Crippen LogP contribution in [0.25, 0.3) is 0 Å².